The van der Waals surface area contributed by atoms with E-state index in [0.29, 0.717) is 18.1 Å². The van der Waals surface area contributed by atoms with E-state index in [9.17, 15) is 9.90 Å². The van der Waals surface area contributed by atoms with E-state index in [-0.39, 0.29) is 17.5 Å². The van der Waals surface area contributed by atoms with Gasteiger partial charge in [0.1, 0.15) is 5.75 Å². The van der Waals surface area contributed by atoms with Crippen LogP contribution in [0.1, 0.15) is 57.2 Å². The monoisotopic (exact) mass is 381 g/mol. The molecule has 0 saturated carbocycles. The van der Waals surface area contributed by atoms with Gasteiger partial charge in [-0.05, 0) is 42.0 Å². The van der Waals surface area contributed by atoms with Crippen molar-refractivity contribution < 1.29 is 14.6 Å². The summed E-state index contributed by atoms with van der Waals surface area (Å²) in [6.45, 7) is 7.03. The van der Waals surface area contributed by atoms with E-state index in [1.54, 1.807) is 12.1 Å². The number of aliphatic hydroxyl groups is 1. The third-order valence-electron chi connectivity index (χ3n) is 4.77. The minimum atomic E-state index is -0.302. The van der Waals surface area contributed by atoms with Crippen LogP contribution in [0.4, 0.5) is 0 Å². The molecule has 2 rings (SSSR count). The Kier molecular flexibility index (Phi) is 8.60. The number of hydrogen-bond donors (Lipinski definition) is 2. The van der Waals surface area contributed by atoms with Crippen LogP contribution < -0.4 is 10.1 Å². The van der Waals surface area contributed by atoms with Crippen molar-refractivity contribution in [2.75, 3.05) is 6.61 Å². The SMILES string of the molecule is CCCC(C)COc1ccc(C(=CO)C(=O)N[C@H](CC)c2ccccc2)cc1. The highest BCUT2D eigenvalue weighted by atomic mass is 16.5. The van der Waals surface area contributed by atoms with Crippen LogP contribution in [-0.4, -0.2) is 17.6 Å². The first-order valence-electron chi connectivity index (χ1n) is 10.0. The van der Waals surface area contributed by atoms with E-state index >= 15 is 0 Å². The normalized spacial score (nSPS) is 13.6. The quantitative estimate of drug-likeness (QED) is 0.412. The molecule has 2 aromatic carbocycles. The van der Waals surface area contributed by atoms with Crippen molar-refractivity contribution in [2.24, 2.45) is 5.92 Å². The second-order valence-electron chi connectivity index (χ2n) is 7.12. The van der Waals surface area contributed by atoms with Gasteiger partial charge in [-0.2, -0.15) is 0 Å². The van der Waals surface area contributed by atoms with Crippen molar-refractivity contribution in [3.8, 4) is 5.75 Å². The fourth-order valence-electron chi connectivity index (χ4n) is 3.15. The third kappa shape index (κ3) is 6.15. The average molecular weight is 382 g/mol. The first kappa shape index (κ1) is 21.5. The van der Waals surface area contributed by atoms with Crippen LogP contribution in [-0.2, 0) is 4.79 Å². The van der Waals surface area contributed by atoms with Crippen LogP contribution in [0.2, 0.25) is 0 Å². The van der Waals surface area contributed by atoms with E-state index in [2.05, 4.69) is 19.2 Å². The third-order valence-corrected chi connectivity index (χ3v) is 4.77. The molecule has 2 aromatic rings. The first-order valence-corrected chi connectivity index (χ1v) is 10.0. The van der Waals surface area contributed by atoms with Crippen molar-refractivity contribution in [2.45, 2.75) is 46.1 Å². The zero-order chi connectivity index (χ0) is 20.4. The lowest BCUT2D eigenvalue weighted by atomic mass is 10.0. The van der Waals surface area contributed by atoms with Crippen molar-refractivity contribution in [1.29, 1.82) is 0 Å². The summed E-state index contributed by atoms with van der Waals surface area (Å²) < 4.78 is 5.81. The molecule has 0 saturated heterocycles. The van der Waals surface area contributed by atoms with Gasteiger partial charge in [0.05, 0.1) is 24.5 Å². The highest BCUT2D eigenvalue weighted by molar-refractivity contribution is 6.19. The predicted molar refractivity (Wildman–Crippen MR) is 114 cm³/mol. The van der Waals surface area contributed by atoms with Gasteiger partial charge in [-0.25, -0.2) is 0 Å². The molecule has 0 heterocycles. The fourth-order valence-corrected chi connectivity index (χ4v) is 3.15. The zero-order valence-corrected chi connectivity index (χ0v) is 17.0. The van der Waals surface area contributed by atoms with Crippen molar-refractivity contribution >= 4 is 11.5 Å². The summed E-state index contributed by atoms with van der Waals surface area (Å²) in [5, 5.41) is 12.7. The second kappa shape index (κ2) is 11.2. The number of rotatable bonds is 10. The molecule has 0 fully saturated rings. The standard InChI is InChI=1S/C24H31NO3/c1-4-9-18(3)17-28-21-14-12-19(13-15-21)22(16-26)24(27)25-23(5-2)20-10-7-6-8-11-20/h6-8,10-16,18,23,26H,4-5,9,17H2,1-3H3,(H,25,27)/t18?,23-/m1/s1. The van der Waals surface area contributed by atoms with E-state index in [1.807, 2.05) is 49.4 Å². The number of benzene rings is 2. The predicted octanol–water partition coefficient (Wildman–Crippen LogP) is 5.67. The molecule has 0 aromatic heterocycles. The van der Waals surface area contributed by atoms with Gasteiger partial charge in [0.15, 0.2) is 0 Å². The summed E-state index contributed by atoms with van der Waals surface area (Å²) in [7, 11) is 0. The van der Waals surface area contributed by atoms with Crippen LogP contribution in [0, 0.1) is 5.92 Å². The number of hydrogen-bond acceptors (Lipinski definition) is 3. The Hall–Kier alpha value is -2.75. The Balaban J connectivity index is 2.02. The Morgan fingerprint density at radius 1 is 1.11 bits per heavy atom. The lowest BCUT2D eigenvalue weighted by Gasteiger charge is -2.18. The lowest BCUT2D eigenvalue weighted by molar-refractivity contribution is -0.116. The Bertz CT molecular complexity index is 753. The molecule has 1 unspecified atom stereocenters. The zero-order valence-electron chi connectivity index (χ0n) is 17.0. The number of ether oxygens (including phenoxy) is 1. The topological polar surface area (TPSA) is 58.6 Å². The maximum atomic E-state index is 12.7. The molecule has 28 heavy (non-hydrogen) atoms. The minimum Gasteiger partial charge on any atom is -0.515 e. The largest absolute Gasteiger partial charge is 0.515 e. The molecule has 0 aliphatic carbocycles. The number of carbonyl (C=O) groups is 1. The van der Waals surface area contributed by atoms with Gasteiger partial charge >= 0.3 is 0 Å². The number of carbonyl (C=O) groups excluding carboxylic acids is 1. The second-order valence-corrected chi connectivity index (χ2v) is 7.12. The summed E-state index contributed by atoms with van der Waals surface area (Å²) in [4.78, 5) is 12.7. The summed E-state index contributed by atoms with van der Waals surface area (Å²) in [6.07, 6.45) is 3.91. The first-order chi connectivity index (χ1) is 13.6. The molecule has 4 heteroatoms. The van der Waals surface area contributed by atoms with Crippen molar-refractivity contribution in [3.63, 3.8) is 0 Å². The van der Waals surface area contributed by atoms with Crippen LogP contribution in [0.15, 0.2) is 60.9 Å². The van der Waals surface area contributed by atoms with Crippen LogP contribution in [0.5, 0.6) is 5.75 Å². The summed E-state index contributed by atoms with van der Waals surface area (Å²) in [5.41, 5.74) is 1.93. The van der Waals surface area contributed by atoms with Gasteiger partial charge in [0.2, 0.25) is 0 Å². The number of aliphatic hydroxyl groups excluding tert-OH is 1. The molecule has 0 aliphatic heterocycles. The van der Waals surface area contributed by atoms with Gasteiger partial charge < -0.3 is 15.2 Å². The molecule has 2 N–H and O–H groups in total. The van der Waals surface area contributed by atoms with Crippen molar-refractivity contribution in [1.82, 2.24) is 5.32 Å². The molecule has 1 amide bonds. The molecular weight excluding hydrogens is 350 g/mol. The number of nitrogens with one attached hydrogen (secondary N) is 1. The number of amides is 1. The Labute approximate surface area is 168 Å². The molecule has 2 atom stereocenters. The molecular formula is C24H31NO3. The lowest BCUT2D eigenvalue weighted by Crippen LogP contribution is -2.29. The van der Waals surface area contributed by atoms with Gasteiger partial charge in [-0.3, -0.25) is 4.79 Å². The van der Waals surface area contributed by atoms with Crippen LogP contribution in [0.25, 0.3) is 5.57 Å². The van der Waals surface area contributed by atoms with Gasteiger partial charge in [0.25, 0.3) is 5.91 Å². The van der Waals surface area contributed by atoms with E-state index in [4.69, 9.17) is 4.74 Å². The average Bonchev–Trinajstić information content (AvgIpc) is 2.73. The molecule has 0 bridgehead atoms. The minimum absolute atomic E-state index is 0.105. The van der Waals surface area contributed by atoms with E-state index in [1.165, 1.54) is 0 Å². The summed E-state index contributed by atoms with van der Waals surface area (Å²) in [5.74, 6) is 0.968. The van der Waals surface area contributed by atoms with E-state index < -0.39 is 0 Å². The molecule has 0 radical (unpaired) electrons. The van der Waals surface area contributed by atoms with Crippen LogP contribution >= 0.6 is 0 Å². The van der Waals surface area contributed by atoms with Gasteiger partial charge in [-0.1, -0.05) is 69.7 Å². The Morgan fingerprint density at radius 2 is 1.79 bits per heavy atom. The van der Waals surface area contributed by atoms with Gasteiger partial charge in [-0.15, -0.1) is 0 Å². The van der Waals surface area contributed by atoms with Crippen LogP contribution in [0.3, 0.4) is 0 Å². The smallest absolute Gasteiger partial charge is 0.255 e. The maximum Gasteiger partial charge on any atom is 0.255 e. The molecule has 0 aliphatic rings. The van der Waals surface area contributed by atoms with E-state index in [0.717, 1.165) is 36.8 Å². The maximum absolute atomic E-state index is 12.7. The fraction of sp³-hybridized carbons (Fsp3) is 0.375. The molecule has 0 spiro atoms. The summed E-state index contributed by atoms with van der Waals surface area (Å²) >= 11 is 0. The molecule has 4 nitrogen and oxygen atoms in total. The molecule has 150 valence electrons. The highest BCUT2D eigenvalue weighted by Crippen LogP contribution is 2.22. The summed E-state index contributed by atoms with van der Waals surface area (Å²) in [6, 6.07) is 17.0. The van der Waals surface area contributed by atoms with Crippen molar-refractivity contribution in [3.05, 3.63) is 72.0 Å². The van der Waals surface area contributed by atoms with Gasteiger partial charge in [0, 0.05) is 0 Å². The Morgan fingerprint density at radius 3 is 2.36 bits per heavy atom. The highest BCUT2D eigenvalue weighted by Gasteiger charge is 2.17.